The molecule has 0 bridgehead atoms. The smallest absolute Gasteiger partial charge is 0.271 e. The summed E-state index contributed by atoms with van der Waals surface area (Å²) in [7, 11) is 0. The summed E-state index contributed by atoms with van der Waals surface area (Å²) in [6.07, 6.45) is 1.33. The maximum absolute atomic E-state index is 12.1. The molecule has 0 atom stereocenters. The van der Waals surface area contributed by atoms with Crippen molar-refractivity contribution in [3.05, 3.63) is 56.5 Å². The SMILES string of the molecule is CC(=O)Nc1cccc(C(=O)N/N=C/c2cc(Br)cc(Br)c2O)c1. The molecule has 0 saturated carbocycles. The van der Waals surface area contributed by atoms with Gasteiger partial charge >= 0.3 is 0 Å². The highest BCUT2D eigenvalue weighted by molar-refractivity contribution is 9.11. The predicted molar refractivity (Wildman–Crippen MR) is 99.3 cm³/mol. The quantitative estimate of drug-likeness (QED) is 0.486. The fourth-order valence-electron chi connectivity index (χ4n) is 1.85. The number of anilines is 1. The molecule has 0 radical (unpaired) electrons. The lowest BCUT2D eigenvalue weighted by Crippen LogP contribution is -2.18. The Bertz CT molecular complexity index is 822. The third-order valence-electron chi connectivity index (χ3n) is 2.87. The van der Waals surface area contributed by atoms with E-state index in [0.717, 1.165) is 4.47 Å². The van der Waals surface area contributed by atoms with Gasteiger partial charge in [0.15, 0.2) is 0 Å². The van der Waals surface area contributed by atoms with Gasteiger partial charge in [-0.1, -0.05) is 22.0 Å². The summed E-state index contributed by atoms with van der Waals surface area (Å²) in [5, 5.41) is 16.4. The van der Waals surface area contributed by atoms with Gasteiger partial charge in [0.05, 0.1) is 10.7 Å². The average molecular weight is 455 g/mol. The highest BCUT2D eigenvalue weighted by Crippen LogP contribution is 2.30. The van der Waals surface area contributed by atoms with Crippen molar-refractivity contribution >= 4 is 55.6 Å². The van der Waals surface area contributed by atoms with E-state index in [1.54, 1.807) is 36.4 Å². The molecule has 0 saturated heterocycles. The molecule has 8 heteroatoms. The third kappa shape index (κ3) is 4.90. The number of carbonyl (C=O) groups is 2. The average Bonchev–Trinajstić information content (AvgIpc) is 2.51. The Morgan fingerprint density at radius 3 is 2.67 bits per heavy atom. The van der Waals surface area contributed by atoms with E-state index < -0.39 is 5.91 Å². The van der Waals surface area contributed by atoms with Crippen molar-refractivity contribution in [1.82, 2.24) is 5.43 Å². The molecule has 0 spiro atoms. The number of nitrogens with one attached hydrogen (secondary N) is 2. The number of phenols is 1. The van der Waals surface area contributed by atoms with E-state index in [1.807, 2.05) is 0 Å². The van der Waals surface area contributed by atoms with Crippen molar-refractivity contribution in [2.24, 2.45) is 5.10 Å². The first-order valence-corrected chi connectivity index (χ1v) is 8.34. The zero-order valence-corrected chi connectivity index (χ0v) is 15.7. The summed E-state index contributed by atoms with van der Waals surface area (Å²) >= 11 is 6.53. The van der Waals surface area contributed by atoms with E-state index in [-0.39, 0.29) is 11.7 Å². The van der Waals surface area contributed by atoms with E-state index in [9.17, 15) is 14.7 Å². The highest BCUT2D eigenvalue weighted by Gasteiger charge is 2.07. The Balaban J connectivity index is 2.09. The minimum atomic E-state index is -0.438. The number of rotatable bonds is 4. The molecule has 3 N–H and O–H groups in total. The molecule has 0 aromatic heterocycles. The Kier molecular flexibility index (Phi) is 6.10. The first-order valence-electron chi connectivity index (χ1n) is 6.76. The summed E-state index contributed by atoms with van der Waals surface area (Å²) in [5.74, 6) is -0.642. The van der Waals surface area contributed by atoms with Crippen LogP contribution in [0.25, 0.3) is 0 Å². The fourth-order valence-corrected chi connectivity index (χ4v) is 3.11. The van der Waals surface area contributed by atoms with Gasteiger partial charge in [-0.25, -0.2) is 5.43 Å². The van der Waals surface area contributed by atoms with Crippen LogP contribution in [0.1, 0.15) is 22.8 Å². The molecule has 2 amide bonds. The lowest BCUT2D eigenvalue weighted by atomic mass is 10.2. The van der Waals surface area contributed by atoms with Gasteiger partial charge < -0.3 is 10.4 Å². The van der Waals surface area contributed by atoms with Crippen molar-refractivity contribution in [3.63, 3.8) is 0 Å². The number of nitrogens with zero attached hydrogens (tertiary/aromatic N) is 1. The summed E-state index contributed by atoms with van der Waals surface area (Å²) in [5.41, 5.74) is 3.67. The molecule has 0 aliphatic heterocycles. The number of hydrogen-bond donors (Lipinski definition) is 3. The number of carbonyl (C=O) groups excluding carboxylic acids is 2. The minimum Gasteiger partial charge on any atom is -0.506 e. The number of phenolic OH excluding ortho intramolecular Hbond substituents is 1. The molecular formula is C16H13Br2N3O3. The van der Waals surface area contributed by atoms with E-state index in [4.69, 9.17) is 0 Å². The number of hydrogen-bond acceptors (Lipinski definition) is 4. The van der Waals surface area contributed by atoms with Gasteiger partial charge in [0, 0.05) is 28.2 Å². The topological polar surface area (TPSA) is 90.8 Å². The second kappa shape index (κ2) is 8.07. The number of benzene rings is 2. The Morgan fingerprint density at radius 1 is 1.21 bits per heavy atom. The molecule has 24 heavy (non-hydrogen) atoms. The van der Waals surface area contributed by atoms with Gasteiger partial charge in [0.2, 0.25) is 5.91 Å². The van der Waals surface area contributed by atoms with Gasteiger partial charge in [-0.05, 0) is 46.3 Å². The van der Waals surface area contributed by atoms with Crippen LogP contribution < -0.4 is 10.7 Å². The van der Waals surface area contributed by atoms with Crippen molar-refractivity contribution in [3.8, 4) is 5.75 Å². The van der Waals surface area contributed by atoms with Gasteiger partial charge in [0.1, 0.15) is 5.75 Å². The van der Waals surface area contributed by atoms with Crippen LogP contribution in [0.5, 0.6) is 5.75 Å². The van der Waals surface area contributed by atoms with Crippen molar-refractivity contribution < 1.29 is 14.7 Å². The molecule has 0 fully saturated rings. The predicted octanol–water partition coefficient (Wildman–Crippen LogP) is 3.64. The molecule has 0 aliphatic carbocycles. The van der Waals surface area contributed by atoms with E-state index in [2.05, 4.69) is 47.7 Å². The standard InChI is InChI=1S/C16H13Br2N3O3/c1-9(22)20-13-4-2-3-10(6-13)16(24)21-19-8-11-5-12(17)7-14(18)15(11)23/h2-8,23H,1H3,(H,20,22)(H,21,24)/b19-8+. The number of amides is 2. The largest absolute Gasteiger partial charge is 0.506 e. The molecule has 0 heterocycles. The number of hydrazone groups is 1. The van der Waals surface area contributed by atoms with Crippen LogP contribution in [-0.2, 0) is 4.79 Å². The van der Waals surface area contributed by atoms with Crippen LogP contribution in [0.4, 0.5) is 5.69 Å². The maximum Gasteiger partial charge on any atom is 0.271 e. The molecule has 6 nitrogen and oxygen atoms in total. The Labute approximate surface area is 155 Å². The lowest BCUT2D eigenvalue weighted by molar-refractivity contribution is -0.114. The van der Waals surface area contributed by atoms with Crippen LogP contribution in [-0.4, -0.2) is 23.1 Å². The van der Waals surface area contributed by atoms with Crippen LogP contribution in [0.3, 0.4) is 0 Å². The first-order chi connectivity index (χ1) is 11.4. The van der Waals surface area contributed by atoms with Crippen molar-refractivity contribution in [1.29, 1.82) is 0 Å². The summed E-state index contributed by atoms with van der Waals surface area (Å²) < 4.78 is 1.26. The molecule has 2 aromatic rings. The van der Waals surface area contributed by atoms with E-state index in [0.29, 0.717) is 21.3 Å². The summed E-state index contributed by atoms with van der Waals surface area (Å²) in [6, 6.07) is 9.83. The first kappa shape index (κ1) is 18.2. The fraction of sp³-hybridized carbons (Fsp3) is 0.0625. The molecule has 0 unspecified atom stereocenters. The van der Waals surface area contributed by atoms with Crippen molar-refractivity contribution in [2.45, 2.75) is 6.92 Å². The van der Waals surface area contributed by atoms with E-state index in [1.165, 1.54) is 13.1 Å². The monoisotopic (exact) mass is 453 g/mol. The van der Waals surface area contributed by atoms with Crippen LogP contribution >= 0.6 is 31.9 Å². The highest BCUT2D eigenvalue weighted by atomic mass is 79.9. The van der Waals surface area contributed by atoms with Crippen LogP contribution in [0, 0.1) is 0 Å². The summed E-state index contributed by atoms with van der Waals surface area (Å²) in [6.45, 7) is 1.39. The van der Waals surface area contributed by atoms with E-state index >= 15 is 0 Å². The van der Waals surface area contributed by atoms with Gasteiger partial charge in [-0.2, -0.15) is 5.10 Å². The minimum absolute atomic E-state index is 0.0175. The lowest BCUT2D eigenvalue weighted by Gasteiger charge is -2.05. The normalized spacial score (nSPS) is 10.6. The van der Waals surface area contributed by atoms with Gasteiger partial charge in [-0.15, -0.1) is 0 Å². The molecule has 2 aromatic carbocycles. The van der Waals surface area contributed by atoms with Gasteiger partial charge in [0.25, 0.3) is 5.91 Å². The molecule has 2 rings (SSSR count). The van der Waals surface area contributed by atoms with Crippen molar-refractivity contribution in [2.75, 3.05) is 5.32 Å². The molecular weight excluding hydrogens is 442 g/mol. The summed E-state index contributed by atoms with van der Waals surface area (Å²) in [4.78, 5) is 23.1. The number of halogens is 2. The third-order valence-corrected chi connectivity index (χ3v) is 3.93. The Morgan fingerprint density at radius 2 is 1.96 bits per heavy atom. The van der Waals surface area contributed by atoms with Crippen LogP contribution in [0.2, 0.25) is 0 Å². The second-order valence-electron chi connectivity index (χ2n) is 4.79. The Hall–Kier alpha value is -2.19. The zero-order valence-electron chi connectivity index (χ0n) is 12.5. The van der Waals surface area contributed by atoms with Gasteiger partial charge in [-0.3, -0.25) is 9.59 Å². The van der Waals surface area contributed by atoms with Crippen LogP contribution in [0.15, 0.2) is 50.4 Å². The number of aromatic hydroxyl groups is 1. The molecule has 124 valence electrons. The zero-order chi connectivity index (χ0) is 17.7. The second-order valence-corrected chi connectivity index (χ2v) is 6.56. The molecule has 0 aliphatic rings. The maximum atomic E-state index is 12.1.